The van der Waals surface area contributed by atoms with Crippen LogP contribution < -0.4 is 15.4 Å². The first kappa shape index (κ1) is 21.2. The summed E-state index contributed by atoms with van der Waals surface area (Å²) in [5.41, 5.74) is 3.27. The van der Waals surface area contributed by atoms with Crippen molar-refractivity contribution in [2.24, 2.45) is 4.99 Å². The Balaban J connectivity index is 1.36. The number of aliphatic imine (C=N–C) groups is 1. The lowest BCUT2D eigenvalue weighted by molar-refractivity contribution is 0.239. The normalized spacial score (nSPS) is 15.9. The average molecular weight is 421 g/mol. The Kier molecular flexibility index (Phi) is 7.04. The number of guanidine groups is 1. The minimum Gasteiger partial charge on any atom is -0.496 e. The molecule has 3 aromatic rings. The van der Waals surface area contributed by atoms with Gasteiger partial charge >= 0.3 is 0 Å². The van der Waals surface area contributed by atoms with E-state index in [9.17, 15) is 0 Å². The Hall–Kier alpha value is -3.06. The van der Waals surface area contributed by atoms with Gasteiger partial charge in [0, 0.05) is 44.5 Å². The van der Waals surface area contributed by atoms with Crippen LogP contribution in [0.2, 0.25) is 0 Å². The number of pyridine rings is 1. The van der Waals surface area contributed by atoms with Crippen molar-refractivity contribution >= 4 is 11.6 Å². The predicted molar refractivity (Wildman–Crippen MR) is 125 cm³/mol. The summed E-state index contributed by atoms with van der Waals surface area (Å²) in [6.07, 6.45) is 7.44. The first-order valence-corrected chi connectivity index (χ1v) is 11.0. The third-order valence-corrected chi connectivity index (χ3v) is 5.85. The van der Waals surface area contributed by atoms with Crippen LogP contribution in [0.3, 0.4) is 0 Å². The Morgan fingerprint density at radius 2 is 1.94 bits per heavy atom. The lowest BCUT2D eigenvalue weighted by Crippen LogP contribution is -2.43. The summed E-state index contributed by atoms with van der Waals surface area (Å²) in [6, 6.07) is 14.6. The minimum atomic E-state index is 0.246. The van der Waals surface area contributed by atoms with Gasteiger partial charge in [0.1, 0.15) is 11.4 Å². The molecule has 0 bridgehead atoms. The molecule has 7 nitrogen and oxygen atoms in total. The zero-order chi connectivity index (χ0) is 21.5. The van der Waals surface area contributed by atoms with Gasteiger partial charge in [0.2, 0.25) is 0 Å². The van der Waals surface area contributed by atoms with Crippen LogP contribution in [0, 0.1) is 0 Å². The van der Waals surface area contributed by atoms with E-state index in [0.717, 1.165) is 55.7 Å². The van der Waals surface area contributed by atoms with Crippen molar-refractivity contribution in [3.63, 3.8) is 0 Å². The fourth-order valence-corrected chi connectivity index (χ4v) is 4.26. The molecule has 1 aliphatic rings. The van der Waals surface area contributed by atoms with E-state index in [1.54, 1.807) is 7.11 Å². The molecule has 0 radical (unpaired) electrons. The van der Waals surface area contributed by atoms with E-state index in [2.05, 4.69) is 48.2 Å². The number of hydrogen-bond donors (Lipinski definition) is 2. The number of nitrogens with one attached hydrogen (secondary N) is 2. The highest BCUT2D eigenvalue weighted by Gasteiger charge is 2.26. The van der Waals surface area contributed by atoms with Crippen molar-refractivity contribution in [3.05, 3.63) is 66.1 Å². The van der Waals surface area contributed by atoms with Gasteiger partial charge in [0.15, 0.2) is 5.96 Å². The van der Waals surface area contributed by atoms with Crippen LogP contribution in [0.4, 0.5) is 0 Å². The number of fused-ring (bicyclic) bond motifs is 1. The molecule has 0 spiro atoms. The molecule has 0 aliphatic carbocycles. The van der Waals surface area contributed by atoms with Crippen LogP contribution in [0.1, 0.15) is 30.1 Å². The Bertz CT molecular complexity index is 975. The van der Waals surface area contributed by atoms with Gasteiger partial charge < -0.3 is 19.8 Å². The van der Waals surface area contributed by atoms with E-state index >= 15 is 0 Å². The molecule has 1 aliphatic heterocycles. The number of aromatic nitrogens is 2. The molecule has 3 heterocycles. The van der Waals surface area contributed by atoms with E-state index < -0.39 is 0 Å². The summed E-state index contributed by atoms with van der Waals surface area (Å²) in [5.74, 6) is 1.75. The SMILES string of the molecule is CN=C(NCCc1cn2ccccc2n1)NCC(c1ccccc1OC)N1CCCC1. The van der Waals surface area contributed by atoms with Crippen LogP contribution in [0.15, 0.2) is 59.9 Å². The highest BCUT2D eigenvalue weighted by Crippen LogP contribution is 2.31. The number of likely N-dealkylation sites (tertiary alicyclic amines) is 1. The molecule has 0 saturated carbocycles. The molecule has 0 amide bonds. The summed E-state index contributed by atoms with van der Waals surface area (Å²) in [7, 11) is 3.56. The van der Waals surface area contributed by atoms with Gasteiger partial charge in [0.05, 0.1) is 18.8 Å². The van der Waals surface area contributed by atoms with Crippen molar-refractivity contribution in [1.29, 1.82) is 0 Å². The van der Waals surface area contributed by atoms with Gasteiger partial charge in [-0.3, -0.25) is 9.89 Å². The number of ether oxygens (including phenoxy) is 1. The summed E-state index contributed by atoms with van der Waals surface area (Å²) >= 11 is 0. The topological polar surface area (TPSA) is 66.2 Å². The first-order chi connectivity index (χ1) is 15.3. The maximum absolute atomic E-state index is 5.65. The lowest BCUT2D eigenvalue weighted by Gasteiger charge is -2.30. The molecule has 4 rings (SSSR count). The Morgan fingerprint density at radius 3 is 2.71 bits per heavy atom. The van der Waals surface area contributed by atoms with Crippen LogP contribution >= 0.6 is 0 Å². The average Bonchev–Trinajstić information content (AvgIpc) is 3.48. The third-order valence-electron chi connectivity index (χ3n) is 5.85. The van der Waals surface area contributed by atoms with E-state index in [1.807, 2.05) is 43.6 Å². The van der Waals surface area contributed by atoms with Crippen molar-refractivity contribution in [2.75, 3.05) is 40.3 Å². The first-order valence-electron chi connectivity index (χ1n) is 11.0. The Labute approximate surface area is 184 Å². The number of nitrogens with zero attached hydrogens (tertiary/aromatic N) is 4. The highest BCUT2D eigenvalue weighted by molar-refractivity contribution is 5.79. The molecule has 1 unspecified atom stereocenters. The zero-order valence-electron chi connectivity index (χ0n) is 18.4. The third kappa shape index (κ3) is 5.17. The fourth-order valence-electron chi connectivity index (χ4n) is 4.26. The van der Waals surface area contributed by atoms with E-state index in [0.29, 0.717) is 0 Å². The maximum atomic E-state index is 5.65. The molecule has 1 aromatic carbocycles. The van der Waals surface area contributed by atoms with Crippen LogP contribution in [-0.4, -0.2) is 60.6 Å². The maximum Gasteiger partial charge on any atom is 0.191 e. The second-order valence-electron chi connectivity index (χ2n) is 7.83. The Morgan fingerprint density at radius 1 is 1.13 bits per heavy atom. The van der Waals surface area contributed by atoms with E-state index in [1.165, 1.54) is 18.4 Å². The van der Waals surface area contributed by atoms with Gasteiger partial charge in [-0.05, 0) is 44.1 Å². The molecular weight excluding hydrogens is 388 g/mol. The van der Waals surface area contributed by atoms with Gasteiger partial charge in [-0.15, -0.1) is 0 Å². The van der Waals surface area contributed by atoms with Crippen LogP contribution in [0.25, 0.3) is 5.65 Å². The minimum absolute atomic E-state index is 0.246. The van der Waals surface area contributed by atoms with E-state index in [-0.39, 0.29) is 6.04 Å². The van der Waals surface area contributed by atoms with Crippen molar-refractivity contribution < 1.29 is 4.74 Å². The quantitative estimate of drug-likeness (QED) is 0.433. The molecule has 2 aromatic heterocycles. The second kappa shape index (κ2) is 10.3. The van der Waals surface area contributed by atoms with Crippen LogP contribution in [-0.2, 0) is 6.42 Å². The van der Waals surface area contributed by atoms with Gasteiger partial charge in [-0.1, -0.05) is 24.3 Å². The molecule has 7 heteroatoms. The zero-order valence-corrected chi connectivity index (χ0v) is 18.4. The van der Waals surface area contributed by atoms with Crippen LogP contribution in [0.5, 0.6) is 5.75 Å². The second-order valence-corrected chi connectivity index (χ2v) is 7.83. The van der Waals surface area contributed by atoms with Crippen molar-refractivity contribution in [2.45, 2.75) is 25.3 Å². The number of hydrogen-bond acceptors (Lipinski definition) is 4. The number of para-hydroxylation sites is 1. The monoisotopic (exact) mass is 420 g/mol. The number of benzene rings is 1. The molecule has 164 valence electrons. The number of methoxy groups -OCH3 is 1. The van der Waals surface area contributed by atoms with Crippen molar-refractivity contribution in [3.8, 4) is 5.75 Å². The molecule has 1 saturated heterocycles. The summed E-state index contributed by atoms with van der Waals surface area (Å²) in [5, 5.41) is 6.95. The lowest BCUT2D eigenvalue weighted by atomic mass is 10.0. The smallest absolute Gasteiger partial charge is 0.191 e. The highest BCUT2D eigenvalue weighted by atomic mass is 16.5. The number of rotatable bonds is 8. The summed E-state index contributed by atoms with van der Waals surface area (Å²) < 4.78 is 7.70. The number of imidazole rings is 1. The van der Waals surface area contributed by atoms with Crippen molar-refractivity contribution in [1.82, 2.24) is 24.9 Å². The molecule has 31 heavy (non-hydrogen) atoms. The largest absolute Gasteiger partial charge is 0.496 e. The summed E-state index contributed by atoms with van der Waals surface area (Å²) in [4.78, 5) is 11.6. The molecule has 1 atom stereocenters. The van der Waals surface area contributed by atoms with E-state index in [4.69, 9.17) is 4.74 Å². The summed E-state index contributed by atoms with van der Waals surface area (Å²) in [6.45, 7) is 3.77. The fraction of sp³-hybridized carbons (Fsp3) is 0.417. The van der Waals surface area contributed by atoms with Gasteiger partial charge in [-0.2, -0.15) is 0 Å². The molecule has 1 fully saturated rings. The predicted octanol–water partition coefficient (Wildman–Crippen LogP) is 2.89. The van der Waals surface area contributed by atoms with Gasteiger partial charge in [-0.25, -0.2) is 4.98 Å². The standard InChI is InChI=1S/C24H32N6O/c1-25-24(26-13-12-19-18-30-16-6-5-11-23(30)28-19)27-17-21(29-14-7-8-15-29)20-9-3-4-10-22(20)31-2/h3-6,9-11,16,18,21H,7-8,12-15,17H2,1-2H3,(H2,25,26,27). The molecule has 2 N–H and O–H groups in total. The molecular formula is C24H32N6O. The van der Waals surface area contributed by atoms with Gasteiger partial charge in [0.25, 0.3) is 0 Å².